The van der Waals surface area contributed by atoms with E-state index in [2.05, 4.69) is 4.98 Å². The van der Waals surface area contributed by atoms with Crippen LogP contribution in [0.15, 0.2) is 18.3 Å². The van der Waals surface area contributed by atoms with Crippen LogP contribution in [0.5, 0.6) is 5.75 Å². The molecule has 5 heteroatoms. The van der Waals surface area contributed by atoms with E-state index in [0.29, 0.717) is 10.8 Å². The van der Waals surface area contributed by atoms with Crippen LogP contribution in [0.2, 0.25) is 5.15 Å². The van der Waals surface area contributed by atoms with Crippen molar-refractivity contribution in [3.8, 4) is 5.75 Å². The maximum atomic E-state index is 6.13. The van der Waals surface area contributed by atoms with Crippen LogP contribution in [-0.2, 0) is 0 Å². The van der Waals surface area contributed by atoms with Crippen molar-refractivity contribution >= 4 is 17.2 Å². The lowest BCUT2D eigenvalue weighted by Gasteiger charge is -2.00. The zero-order valence-electron chi connectivity index (χ0n) is 8.57. The van der Waals surface area contributed by atoms with Gasteiger partial charge in [0.2, 0.25) is 0 Å². The summed E-state index contributed by atoms with van der Waals surface area (Å²) in [6.45, 7) is 1.85. The Labute approximate surface area is 92.6 Å². The molecule has 0 fully saturated rings. The van der Waals surface area contributed by atoms with E-state index in [1.807, 2.05) is 25.3 Å². The quantitative estimate of drug-likeness (QED) is 0.851. The molecule has 2 heterocycles. The molecule has 0 aliphatic rings. The Morgan fingerprint density at radius 2 is 2.33 bits per heavy atom. The first-order valence-corrected chi connectivity index (χ1v) is 4.98. The zero-order valence-corrected chi connectivity index (χ0v) is 9.32. The van der Waals surface area contributed by atoms with Crippen LogP contribution in [0.3, 0.4) is 0 Å². The van der Waals surface area contributed by atoms with Gasteiger partial charge in [0.25, 0.3) is 0 Å². The van der Waals surface area contributed by atoms with Crippen LogP contribution in [0.1, 0.15) is 18.7 Å². The summed E-state index contributed by atoms with van der Waals surface area (Å²) in [5.41, 5.74) is 7.20. The Balaban J connectivity index is 2.65. The lowest BCUT2D eigenvalue weighted by atomic mass is 10.3. The van der Waals surface area contributed by atoms with E-state index in [0.717, 1.165) is 11.4 Å². The fourth-order valence-corrected chi connectivity index (χ4v) is 1.79. The Kier molecular flexibility index (Phi) is 2.54. The molecule has 0 aliphatic heterocycles. The van der Waals surface area contributed by atoms with Crippen LogP contribution in [0, 0.1) is 0 Å². The Morgan fingerprint density at radius 1 is 1.60 bits per heavy atom. The largest absolute Gasteiger partial charge is 0.497 e. The smallest absolute Gasteiger partial charge is 0.141 e. The lowest BCUT2D eigenvalue weighted by molar-refractivity contribution is 0.414. The number of pyridine rings is 1. The fraction of sp³-hybridized carbons (Fsp3) is 0.300. The van der Waals surface area contributed by atoms with Gasteiger partial charge in [-0.15, -0.1) is 0 Å². The van der Waals surface area contributed by atoms with Gasteiger partial charge in [-0.25, -0.2) is 4.98 Å². The van der Waals surface area contributed by atoms with Gasteiger partial charge in [-0.3, -0.25) is 4.40 Å². The highest BCUT2D eigenvalue weighted by atomic mass is 35.5. The fourth-order valence-electron chi connectivity index (χ4n) is 1.43. The van der Waals surface area contributed by atoms with Gasteiger partial charge in [0, 0.05) is 18.3 Å². The van der Waals surface area contributed by atoms with Gasteiger partial charge in [0.05, 0.1) is 12.8 Å². The van der Waals surface area contributed by atoms with E-state index in [-0.39, 0.29) is 6.04 Å². The van der Waals surface area contributed by atoms with Crippen molar-refractivity contribution in [3.05, 3.63) is 29.2 Å². The van der Waals surface area contributed by atoms with Crippen LogP contribution in [0.25, 0.3) is 5.65 Å². The molecule has 15 heavy (non-hydrogen) atoms. The van der Waals surface area contributed by atoms with Crippen molar-refractivity contribution in [3.63, 3.8) is 0 Å². The highest BCUT2D eigenvalue weighted by Gasteiger charge is 2.13. The standard InChI is InChI=1S/C10H12ClN3O/c1-6(12)9-10(11)14-4-3-7(15-2)5-8(14)13-9/h3-6H,12H2,1-2H3. The minimum absolute atomic E-state index is 0.177. The van der Waals surface area contributed by atoms with E-state index in [4.69, 9.17) is 22.1 Å². The molecule has 0 saturated carbocycles. The summed E-state index contributed by atoms with van der Waals surface area (Å²) in [6.07, 6.45) is 1.81. The number of fused-ring (bicyclic) bond motifs is 1. The summed E-state index contributed by atoms with van der Waals surface area (Å²) in [6, 6.07) is 3.46. The molecule has 1 unspecified atom stereocenters. The molecule has 0 spiro atoms. The Hall–Kier alpha value is -1.26. The van der Waals surface area contributed by atoms with Gasteiger partial charge in [-0.2, -0.15) is 0 Å². The molecule has 0 aromatic carbocycles. The van der Waals surface area contributed by atoms with Gasteiger partial charge < -0.3 is 10.5 Å². The summed E-state index contributed by atoms with van der Waals surface area (Å²) in [4.78, 5) is 4.35. The normalized spacial score (nSPS) is 13.1. The summed E-state index contributed by atoms with van der Waals surface area (Å²) in [7, 11) is 1.61. The van der Waals surface area contributed by atoms with Gasteiger partial charge >= 0.3 is 0 Å². The first-order chi connectivity index (χ1) is 7.13. The number of hydrogen-bond acceptors (Lipinski definition) is 3. The second kappa shape index (κ2) is 3.72. The minimum atomic E-state index is -0.177. The number of nitrogens with two attached hydrogens (primary N) is 1. The van der Waals surface area contributed by atoms with Crippen molar-refractivity contribution < 1.29 is 4.74 Å². The van der Waals surface area contributed by atoms with Crippen molar-refractivity contribution in [2.24, 2.45) is 5.73 Å². The molecule has 80 valence electrons. The Bertz CT molecular complexity index is 493. The number of ether oxygens (including phenoxy) is 1. The molecule has 2 N–H and O–H groups in total. The van der Waals surface area contributed by atoms with Gasteiger partial charge in [-0.1, -0.05) is 11.6 Å². The molecule has 0 amide bonds. The van der Waals surface area contributed by atoms with Crippen LogP contribution >= 0.6 is 11.6 Å². The molecule has 0 bridgehead atoms. The van der Waals surface area contributed by atoms with Crippen molar-refractivity contribution in [1.82, 2.24) is 9.38 Å². The first kappa shape index (κ1) is 10.3. The summed E-state index contributed by atoms with van der Waals surface area (Å²) >= 11 is 6.13. The molecule has 0 radical (unpaired) electrons. The van der Waals surface area contributed by atoms with Crippen molar-refractivity contribution in [1.29, 1.82) is 0 Å². The third-order valence-electron chi connectivity index (χ3n) is 2.23. The van der Waals surface area contributed by atoms with Gasteiger partial charge in [-0.05, 0) is 13.0 Å². The molecule has 0 aliphatic carbocycles. The van der Waals surface area contributed by atoms with Gasteiger partial charge in [0.1, 0.15) is 16.5 Å². The van der Waals surface area contributed by atoms with Crippen LogP contribution in [0.4, 0.5) is 0 Å². The highest BCUT2D eigenvalue weighted by molar-refractivity contribution is 6.30. The van der Waals surface area contributed by atoms with E-state index in [1.54, 1.807) is 11.5 Å². The molecule has 1 atom stereocenters. The van der Waals surface area contributed by atoms with Crippen LogP contribution in [-0.4, -0.2) is 16.5 Å². The van der Waals surface area contributed by atoms with Crippen molar-refractivity contribution in [2.75, 3.05) is 7.11 Å². The predicted molar refractivity (Wildman–Crippen MR) is 59.4 cm³/mol. The van der Waals surface area contributed by atoms with Gasteiger partial charge in [0.15, 0.2) is 0 Å². The second-order valence-electron chi connectivity index (χ2n) is 3.37. The number of nitrogens with zero attached hydrogens (tertiary/aromatic N) is 2. The number of aromatic nitrogens is 2. The molecule has 4 nitrogen and oxygen atoms in total. The third-order valence-corrected chi connectivity index (χ3v) is 2.61. The second-order valence-corrected chi connectivity index (χ2v) is 3.73. The average molecular weight is 226 g/mol. The number of rotatable bonds is 2. The highest BCUT2D eigenvalue weighted by Crippen LogP contribution is 2.24. The number of halogens is 1. The molecular weight excluding hydrogens is 214 g/mol. The molecule has 2 aromatic heterocycles. The van der Waals surface area contributed by atoms with E-state index < -0.39 is 0 Å². The maximum Gasteiger partial charge on any atom is 0.141 e. The molecule has 2 aromatic rings. The first-order valence-electron chi connectivity index (χ1n) is 4.60. The maximum absolute atomic E-state index is 6.13. The summed E-state index contributed by atoms with van der Waals surface area (Å²) < 4.78 is 6.88. The lowest BCUT2D eigenvalue weighted by Crippen LogP contribution is -2.05. The molecule has 2 rings (SSSR count). The average Bonchev–Trinajstić information content (AvgIpc) is 2.55. The van der Waals surface area contributed by atoms with E-state index >= 15 is 0 Å². The number of imidazole rings is 1. The number of hydrogen-bond donors (Lipinski definition) is 1. The van der Waals surface area contributed by atoms with Crippen molar-refractivity contribution in [2.45, 2.75) is 13.0 Å². The Morgan fingerprint density at radius 3 is 2.93 bits per heavy atom. The monoisotopic (exact) mass is 225 g/mol. The predicted octanol–water partition coefficient (Wildman–Crippen LogP) is 2.02. The molecule has 0 saturated heterocycles. The summed E-state index contributed by atoms with van der Waals surface area (Å²) in [5.74, 6) is 0.750. The summed E-state index contributed by atoms with van der Waals surface area (Å²) in [5, 5.41) is 0.558. The zero-order chi connectivity index (χ0) is 11.0. The topological polar surface area (TPSA) is 52.5 Å². The third kappa shape index (κ3) is 1.66. The minimum Gasteiger partial charge on any atom is -0.497 e. The molecular formula is C10H12ClN3O. The SMILES string of the molecule is COc1ccn2c(Cl)c(C(C)N)nc2c1. The van der Waals surface area contributed by atoms with E-state index in [9.17, 15) is 0 Å². The van der Waals surface area contributed by atoms with Crippen LogP contribution < -0.4 is 10.5 Å². The van der Waals surface area contributed by atoms with E-state index in [1.165, 1.54) is 0 Å². The number of methoxy groups -OCH3 is 1.